The van der Waals surface area contributed by atoms with E-state index in [1.54, 1.807) is 23.0 Å². The number of alkyl halides is 2. The molecule has 0 saturated heterocycles. The van der Waals surface area contributed by atoms with E-state index in [-0.39, 0.29) is 34.4 Å². The molecule has 1 aliphatic carbocycles. The second kappa shape index (κ2) is 7.18. The zero-order valence-electron chi connectivity index (χ0n) is 16.2. The molecule has 1 aliphatic rings. The standard InChI is InChI=1S/C22H18F3N3O2/c1-12(2)28-18(6-7-27-28)16-4-5-19(17-11-22(24,25)21(29)20(16)17)30-15-9-13(23)8-14(10-15)26-3/h4-10,12,21,29H,11H2,1-2H3. The van der Waals surface area contributed by atoms with Gasteiger partial charge in [0.25, 0.3) is 5.92 Å². The number of benzene rings is 2. The Balaban J connectivity index is 1.85. The molecular formula is C22H18F3N3O2. The lowest BCUT2D eigenvalue weighted by atomic mass is 9.98. The predicted octanol–water partition coefficient (Wildman–Crippen LogP) is 5.84. The first-order valence-corrected chi connectivity index (χ1v) is 9.32. The van der Waals surface area contributed by atoms with Crippen LogP contribution in [0.4, 0.5) is 18.9 Å². The van der Waals surface area contributed by atoms with Crippen molar-refractivity contribution in [1.82, 2.24) is 9.78 Å². The molecule has 0 radical (unpaired) electrons. The average molecular weight is 413 g/mol. The van der Waals surface area contributed by atoms with Crippen molar-refractivity contribution < 1.29 is 23.0 Å². The fraction of sp³-hybridized carbons (Fsp3) is 0.273. The fourth-order valence-corrected chi connectivity index (χ4v) is 3.74. The summed E-state index contributed by atoms with van der Waals surface area (Å²) in [6.45, 7) is 10.9. The van der Waals surface area contributed by atoms with Crippen molar-refractivity contribution >= 4 is 5.69 Å². The minimum Gasteiger partial charge on any atom is -0.458 e. The highest BCUT2D eigenvalue weighted by Gasteiger charge is 2.49. The van der Waals surface area contributed by atoms with E-state index in [0.29, 0.717) is 11.3 Å². The topological polar surface area (TPSA) is 51.6 Å². The summed E-state index contributed by atoms with van der Waals surface area (Å²) in [6, 6.07) is 8.25. The zero-order valence-corrected chi connectivity index (χ0v) is 16.2. The highest BCUT2D eigenvalue weighted by molar-refractivity contribution is 5.71. The van der Waals surface area contributed by atoms with Crippen LogP contribution in [-0.4, -0.2) is 20.8 Å². The smallest absolute Gasteiger partial charge is 0.281 e. The van der Waals surface area contributed by atoms with Gasteiger partial charge in [0.05, 0.1) is 12.3 Å². The van der Waals surface area contributed by atoms with E-state index in [4.69, 9.17) is 11.3 Å². The van der Waals surface area contributed by atoms with Gasteiger partial charge in [-0.15, -0.1) is 0 Å². The molecule has 3 aromatic rings. The van der Waals surface area contributed by atoms with Crippen LogP contribution < -0.4 is 4.74 Å². The van der Waals surface area contributed by atoms with Crippen LogP contribution >= 0.6 is 0 Å². The summed E-state index contributed by atoms with van der Waals surface area (Å²) in [6.07, 6.45) is -1.15. The Bertz CT molecular complexity index is 1160. The number of hydrogen-bond donors (Lipinski definition) is 1. The van der Waals surface area contributed by atoms with E-state index in [1.165, 1.54) is 12.1 Å². The monoisotopic (exact) mass is 413 g/mol. The van der Waals surface area contributed by atoms with Crippen molar-refractivity contribution in [3.63, 3.8) is 0 Å². The molecule has 0 saturated carbocycles. The summed E-state index contributed by atoms with van der Waals surface area (Å²) in [4.78, 5) is 3.18. The van der Waals surface area contributed by atoms with Gasteiger partial charge < -0.3 is 9.84 Å². The molecule has 4 rings (SSSR count). The maximum atomic E-state index is 14.5. The van der Waals surface area contributed by atoms with Gasteiger partial charge in [0, 0.05) is 41.4 Å². The Labute approximate surface area is 171 Å². The van der Waals surface area contributed by atoms with Crippen LogP contribution in [0.3, 0.4) is 0 Å². The van der Waals surface area contributed by atoms with Crippen molar-refractivity contribution in [2.45, 2.75) is 38.3 Å². The SMILES string of the molecule is [C-]#[N+]c1cc(F)cc(Oc2ccc(-c3ccnn3C(C)C)c3c2CC(F)(F)C3O)c1. The van der Waals surface area contributed by atoms with Gasteiger partial charge in [-0.3, -0.25) is 4.68 Å². The van der Waals surface area contributed by atoms with Gasteiger partial charge in [-0.05, 0) is 44.2 Å². The molecule has 8 heteroatoms. The van der Waals surface area contributed by atoms with Crippen molar-refractivity contribution in [2.75, 3.05) is 0 Å². The third-order valence-corrected chi connectivity index (χ3v) is 5.05. The number of hydrogen-bond acceptors (Lipinski definition) is 3. The summed E-state index contributed by atoms with van der Waals surface area (Å²) in [7, 11) is 0. The molecule has 1 unspecified atom stereocenters. The van der Waals surface area contributed by atoms with Crippen LogP contribution in [0.1, 0.15) is 37.1 Å². The van der Waals surface area contributed by atoms with Crippen molar-refractivity contribution in [3.05, 3.63) is 71.0 Å². The minimum absolute atomic E-state index is 0.0139. The lowest BCUT2D eigenvalue weighted by Gasteiger charge is -2.18. The summed E-state index contributed by atoms with van der Waals surface area (Å²) >= 11 is 0. The third kappa shape index (κ3) is 3.31. The second-order valence-corrected chi connectivity index (χ2v) is 7.46. The van der Waals surface area contributed by atoms with Gasteiger partial charge in [0.1, 0.15) is 23.4 Å². The Morgan fingerprint density at radius 2 is 2.03 bits per heavy atom. The number of aliphatic hydroxyl groups excluding tert-OH is 1. The van der Waals surface area contributed by atoms with Gasteiger partial charge in [-0.1, -0.05) is 0 Å². The largest absolute Gasteiger partial charge is 0.458 e. The van der Waals surface area contributed by atoms with Crippen LogP contribution in [0.2, 0.25) is 0 Å². The maximum Gasteiger partial charge on any atom is 0.281 e. The molecule has 1 atom stereocenters. The summed E-state index contributed by atoms with van der Waals surface area (Å²) in [5.74, 6) is -3.93. The van der Waals surface area contributed by atoms with Crippen LogP contribution in [0.25, 0.3) is 16.1 Å². The maximum absolute atomic E-state index is 14.5. The molecule has 0 amide bonds. The van der Waals surface area contributed by atoms with E-state index in [0.717, 1.165) is 12.1 Å². The first-order chi connectivity index (χ1) is 14.2. The third-order valence-electron chi connectivity index (χ3n) is 5.05. The zero-order chi connectivity index (χ0) is 21.6. The Morgan fingerprint density at radius 1 is 1.27 bits per heavy atom. The van der Waals surface area contributed by atoms with Gasteiger partial charge in [0.2, 0.25) is 0 Å². The first kappa shape index (κ1) is 20.0. The molecule has 0 bridgehead atoms. The highest BCUT2D eigenvalue weighted by Crippen LogP contribution is 2.51. The van der Waals surface area contributed by atoms with Crippen molar-refractivity contribution in [2.24, 2.45) is 0 Å². The average Bonchev–Trinajstić information content (AvgIpc) is 3.26. The molecule has 1 heterocycles. The van der Waals surface area contributed by atoms with Crippen LogP contribution in [0.5, 0.6) is 11.5 Å². The number of nitrogens with zero attached hydrogens (tertiary/aromatic N) is 3. The predicted molar refractivity (Wildman–Crippen MR) is 104 cm³/mol. The quantitative estimate of drug-likeness (QED) is 0.547. The molecule has 154 valence electrons. The minimum atomic E-state index is -3.37. The number of rotatable bonds is 4. The first-order valence-electron chi connectivity index (χ1n) is 9.32. The molecule has 1 N–H and O–H groups in total. The molecule has 0 spiro atoms. The fourth-order valence-electron chi connectivity index (χ4n) is 3.74. The second-order valence-electron chi connectivity index (χ2n) is 7.46. The van der Waals surface area contributed by atoms with Gasteiger partial charge >= 0.3 is 0 Å². The van der Waals surface area contributed by atoms with Crippen LogP contribution in [0.15, 0.2) is 42.6 Å². The molecule has 30 heavy (non-hydrogen) atoms. The van der Waals surface area contributed by atoms with Gasteiger partial charge in [-0.2, -0.15) is 5.10 Å². The highest BCUT2D eigenvalue weighted by atomic mass is 19.3. The molecule has 2 aromatic carbocycles. The summed E-state index contributed by atoms with van der Waals surface area (Å²) in [5.41, 5.74) is 1.29. The summed E-state index contributed by atoms with van der Waals surface area (Å²) in [5, 5.41) is 14.6. The van der Waals surface area contributed by atoms with Crippen LogP contribution in [-0.2, 0) is 6.42 Å². The number of ether oxygens (including phenoxy) is 1. The molecule has 1 aromatic heterocycles. The van der Waals surface area contributed by atoms with E-state index in [9.17, 15) is 18.3 Å². The van der Waals surface area contributed by atoms with Gasteiger partial charge in [-0.25, -0.2) is 18.0 Å². The molecule has 5 nitrogen and oxygen atoms in total. The Morgan fingerprint density at radius 3 is 2.73 bits per heavy atom. The molecule has 0 aliphatic heterocycles. The Kier molecular flexibility index (Phi) is 4.79. The lowest BCUT2D eigenvalue weighted by Crippen LogP contribution is -2.21. The van der Waals surface area contributed by atoms with Gasteiger partial charge in [0.15, 0.2) is 5.69 Å². The van der Waals surface area contributed by atoms with Crippen LogP contribution in [0, 0.1) is 12.4 Å². The van der Waals surface area contributed by atoms with E-state index >= 15 is 0 Å². The normalized spacial score (nSPS) is 17.1. The van der Waals surface area contributed by atoms with E-state index < -0.39 is 24.3 Å². The molecule has 0 fully saturated rings. The summed E-state index contributed by atoms with van der Waals surface area (Å²) < 4.78 is 50.1. The number of aromatic nitrogens is 2. The van der Waals surface area contributed by atoms with E-state index in [1.807, 2.05) is 13.8 Å². The lowest BCUT2D eigenvalue weighted by molar-refractivity contribution is -0.0967. The van der Waals surface area contributed by atoms with Crippen molar-refractivity contribution in [1.29, 1.82) is 0 Å². The number of aliphatic hydroxyl groups is 1. The number of fused-ring (bicyclic) bond motifs is 1. The number of halogens is 3. The van der Waals surface area contributed by atoms with Crippen molar-refractivity contribution in [3.8, 4) is 22.8 Å². The Hall–Kier alpha value is -3.31. The molecular weight excluding hydrogens is 395 g/mol. The van der Waals surface area contributed by atoms with E-state index in [2.05, 4.69) is 9.94 Å².